The van der Waals surface area contributed by atoms with Gasteiger partial charge in [0, 0.05) is 12.2 Å². The van der Waals surface area contributed by atoms with Gasteiger partial charge in [-0.25, -0.2) is 8.42 Å². The average molecular weight is 425 g/mol. The summed E-state index contributed by atoms with van der Waals surface area (Å²) in [6.45, 7) is 5.82. The first kappa shape index (κ1) is 22.2. The molecule has 0 heterocycles. The zero-order valence-electron chi connectivity index (χ0n) is 16.2. The van der Waals surface area contributed by atoms with E-state index in [1.54, 1.807) is 19.1 Å². The van der Waals surface area contributed by atoms with Crippen LogP contribution in [0.15, 0.2) is 47.4 Å². The molecule has 0 saturated heterocycles. The first-order valence-electron chi connectivity index (χ1n) is 9.13. The molecule has 2 rings (SSSR count). The van der Waals surface area contributed by atoms with Crippen LogP contribution in [0.2, 0.25) is 5.02 Å². The molecule has 152 valence electrons. The van der Waals surface area contributed by atoms with Crippen LogP contribution in [0.25, 0.3) is 0 Å². The number of halogens is 1. The molecule has 6 nitrogen and oxygen atoms in total. The van der Waals surface area contributed by atoms with Crippen molar-refractivity contribution < 1.29 is 17.9 Å². The lowest BCUT2D eigenvalue weighted by Gasteiger charge is -2.20. The van der Waals surface area contributed by atoms with E-state index in [1.807, 2.05) is 26.0 Å². The molecule has 1 amide bonds. The second-order valence-corrected chi connectivity index (χ2v) is 8.40. The normalized spacial score (nSPS) is 11.5. The Bertz CT molecular complexity index is 914. The Labute approximate surface area is 171 Å². The highest BCUT2D eigenvalue weighted by Crippen LogP contribution is 2.28. The highest BCUT2D eigenvalue weighted by molar-refractivity contribution is 7.89. The van der Waals surface area contributed by atoms with E-state index in [0.29, 0.717) is 18.0 Å². The zero-order chi connectivity index (χ0) is 20.7. The number of ether oxygens (including phenoxy) is 1. The molecule has 0 aliphatic rings. The summed E-state index contributed by atoms with van der Waals surface area (Å²) in [7, 11) is -3.87. The van der Waals surface area contributed by atoms with Crippen LogP contribution in [-0.4, -0.2) is 38.3 Å². The van der Waals surface area contributed by atoms with Crippen LogP contribution in [0.1, 0.15) is 26.3 Å². The topological polar surface area (TPSA) is 75.7 Å². The van der Waals surface area contributed by atoms with Gasteiger partial charge in [0.25, 0.3) is 0 Å². The minimum Gasteiger partial charge on any atom is -0.492 e. The molecule has 2 aromatic rings. The van der Waals surface area contributed by atoms with Gasteiger partial charge in [-0.2, -0.15) is 4.31 Å². The fourth-order valence-corrected chi connectivity index (χ4v) is 4.35. The molecule has 28 heavy (non-hydrogen) atoms. The first-order chi connectivity index (χ1) is 13.3. The summed E-state index contributed by atoms with van der Waals surface area (Å²) in [6.07, 6.45) is 0.904. The molecule has 2 aromatic carbocycles. The molecule has 0 fully saturated rings. The minimum absolute atomic E-state index is 0.0166. The fraction of sp³-hybridized carbons (Fsp3) is 0.350. The van der Waals surface area contributed by atoms with Gasteiger partial charge in [0.05, 0.1) is 23.1 Å². The van der Waals surface area contributed by atoms with Gasteiger partial charge in [0.2, 0.25) is 15.9 Å². The summed E-state index contributed by atoms with van der Waals surface area (Å²) in [4.78, 5) is 12.4. The van der Waals surface area contributed by atoms with Crippen molar-refractivity contribution >= 4 is 33.2 Å². The van der Waals surface area contributed by atoms with Crippen molar-refractivity contribution in [2.45, 2.75) is 32.1 Å². The summed E-state index contributed by atoms with van der Waals surface area (Å²) in [5, 5.41) is 2.94. The standard InChI is InChI=1S/C20H25ClN2O4S/c1-4-15-7-9-16(10-8-15)22-20(24)14-23(5-2)28(25,26)17-11-12-19(27-6-3)18(21)13-17/h7-13H,4-6,14H2,1-3H3,(H,22,24). The Morgan fingerprint density at radius 1 is 1.11 bits per heavy atom. The number of anilines is 1. The highest BCUT2D eigenvalue weighted by Gasteiger charge is 2.26. The molecule has 1 N–H and O–H groups in total. The number of hydrogen-bond donors (Lipinski definition) is 1. The van der Waals surface area contributed by atoms with E-state index in [0.717, 1.165) is 16.3 Å². The summed E-state index contributed by atoms with van der Waals surface area (Å²) in [5.41, 5.74) is 1.78. The average Bonchev–Trinajstić information content (AvgIpc) is 2.68. The summed E-state index contributed by atoms with van der Waals surface area (Å²) >= 11 is 6.11. The maximum absolute atomic E-state index is 12.9. The lowest BCUT2D eigenvalue weighted by Crippen LogP contribution is -2.37. The maximum Gasteiger partial charge on any atom is 0.243 e. The second kappa shape index (κ2) is 9.91. The number of carbonyl (C=O) groups excluding carboxylic acids is 1. The molecule has 0 bridgehead atoms. The van der Waals surface area contributed by atoms with Crippen molar-refractivity contribution in [1.82, 2.24) is 4.31 Å². The van der Waals surface area contributed by atoms with Crippen molar-refractivity contribution in [2.24, 2.45) is 0 Å². The largest absolute Gasteiger partial charge is 0.492 e. The smallest absolute Gasteiger partial charge is 0.243 e. The number of rotatable bonds is 9. The SMILES string of the molecule is CCOc1ccc(S(=O)(=O)N(CC)CC(=O)Nc2ccc(CC)cc2)cc1Cl. The van der Waals surface area contributed by atoms with E-state index >= 15 is 0 Å². The van der Waals surface area contributed by atoms with Gasteiger partial charge in [0.1, 0.15) is 5.75 Å². The number of carbonyl (C=O) groups is 1. The van der Waals surface area contributed by atoms with E-state index in [1.165, 1.54) is 18.2 Å². The maximum atomic E-state index is 12.9. The second-order valence-electron chi connectivity index (χ2n) is 6.06. The quantitative estimate of drug-likeness (QED) is 0.661. The lowest BCUT2D eigenvalue weighted by atomic mass is 10.1. The molecule has 0 saturated carbocycles. The number of nitrogens with zero attached hydrogens (tertiary/aromatic N) is 1. The van der Waals surface area contributed by atoms with Crippen molar-refractivity contribution in [2.75, 3.05) is 25.0 Å². The number of likely N-dealkylation sites (N-methyl/N-ethyl adjacent to an activating group) is 1. The Hall–Kier alpha value is -2.09. The Balaban J connectivity index is 2.13. The molecule has 0 aliphatic heterocycles. The third-order valence-corrected chi connectivity index (χ3v) is 6.37. The van der Waals surface area contributed by atoms with Gasteiger partial charge < -0.3 is 10.1 Å². The van der Waals surface area contributed by atoms with Gasteiger partial charge in [-0.3, -0.25) is 4.79 Å². The van der Waals surface area contributed by atoms with Gasteiger partial charge in [-0.1, -0.05) is 37.6 Å². The predicted molar refractivity (Wildman–Crippen MR) is 112 cm³/mol. The molecular weight excluding hydrogens is 400 g/mol. The van der Waals surface area contributed by atoms with E-state index in [-0.39, 0.29) is 23.0 Å². The van der Waals surface area contributed by atoms with Crippen molar-refractivity contribution in [3.05, 3.63) is 53.1 Å². The van der Waals surface area contributed by atoms with Crippen LogP contribution in [0.3, 0.4) is 0 Å². The molecule has 0 radical (unpaired) electrons. The zero-order valence-corrected chi connectivity index (χ0v) is 17.8. The van der Waals surface area contributed by atoms with Crippen molar-refractivity contribution in [3.8, 4) is 5.75 Å². The highest BCUT2D eigenvalue weighted by atomic mass is 35.5. The monoisotopic (exact) mass is 424 g/mol. The summed E-state index contributed by atoms with van der Waals surface area (Å²) < 4.78 is 32.2. The summed E-state index contributed by atoms with van der Waals surface area (Å²) in [6, 6.07) is 11.7. The molecule has 8 heteroatoms. The van der Waals surface area contributed by atoms with Gasteiger partial charge in [0.15, 0.2) is 0 Å². The van der Waals surface area contributed by atoms with Crippen molar-refractivity contribution in [3.63, 3.8) is 0 Å². The number of nitrogens with one attached hydrogen (secondary N) is 1. The molecular formula is C20H25ClN2O4S. The summed E-state index contributed by atoms with van der Waals surface area (Å²) in [5.74, 6) is 0.00569. The fourth-order valence-electron chi connectivity index (χ4n) is 2.61. The van der Waals surface area contributed by atoms with Crippen LogP contribution >= 0.6 is 11.6 Å². The third-order valence-electron chi connectivity index (χ3n) is 4.16. The van der Waals surface area contributed by atoms with Gasteiger partial charge >= 0.3 is 0 Å². The number of amides is 1. The van der Waals surface area contributed by atoms with Crippen LogP contribution < -0.4 is 10.1 Å². The van der Waals surface area contributed by atoms with Crippen LogP contribution in [-0.2, 0) is 21.2 Å². The Morgan fingerprint density at radius 2 is 1.79 bits per heavy atom. The van der Waals surface area contributed by atoms with Crippen LogP contribution in [0, 0.1) is 0 Å². The molecule has 0 unspecified atom stereocenters. The van der Waals surface area contributed by atoms with E-state index < -0.39 is 15.9 Å². The molecule has 0 atom stereocenters. The molecule has 0 aromatic heterocycles. The van der Waals surface area contributed by atoms with Gasteiger partial charge in [-0.05, 0) is 49.2 Å². The number of sulfonamides is 1. The van der Waals surface area contributed by atoms with Crippen molar-refractivity contribution in [1.29, 1.82) is 0 Å². The van der Waals surface area contributed by atoms with E-state index in [4.69, 9.17) is 16.3 Å². The number of hydrogen-bond acceptors (Lipinski definition) is 4. The molecule has 0 aliphatic carbocycles. The predicted octanol–water partition coefficient (Wildman–Crippen LogP) is 3.95. The van der Waals surface area contributed by atoms with E-state index in [9.17, 15) is 13.2 Å². The number of benzene rings is 2. The Kier molecular flexibility index (Phi) is 7.86. The van der Waals surface area contributed by atoms with Crippen LogP contribution in [0.5, 0.6) is 5.75 Å². The van der Waals surface area contributed by atoms with Crippen LogP contribution in [0.4, 0.5) is 5.69 Å². The third kappa shape index (κ3) is 5.47. The first-order valence-corrected chi connectivity index (χ1v) is 10.9. The lowest BCUT2D eigenvalue weighted by molar-refractivity contribution is -0.116. The molecule has 0 spiro atoms. The van der Waals surface area contributed by atoms with E-state index in [2.05, 4.69) is 5.32 Å². The number of aryl methyl sites for hydroxylation is 1. The minimum atomic E-state index is -3.87. The Morgan fingerprint density at radius 3 is 2.32 bits per heavy atom. The van der Waals surface area contributed by atoms with Gasteiger partial charge in [-0.15, -0.1) is 0 Å².